The van der Waals surface area contributed by atoms with Gasteiger partial charge in [0.05, 0.1) is 10.7 Å². The summed E-state index contributed by atoms with van der Waals surface area (Å²) in [5, 5.41) is 6.05. The van der Waals surface area contributed by atoms with Crippen LogP contribution in [0.1, 0.15) is 11.1 Å². The van der Waals surface area contributed by atoms with Crippen LogP contribution in [-0.4, -0.2) is 9.38 Å². The average Bonchev–Trinajstić information content (AvgIpc) is 3.31. The van der Waals surface area contributed by atoms with Gasteiger partial charge in [0.15, 0.2) is 4.96 Å². The number of nitrogens with one attached hydrogen (secondary N) is 1. The summed E-state index contributed by atoms with van der Waals surface area (Å²) in [7, 11) is 0. The van der Waals surface area contributed by atoms with E-state index in [0.29, 0.717) is 16.3 Å². The minimum Gasteiger partial charge on any atom is -0.339 e. The summed E-state index contributed by atoms with van der Waals surface area (Å²) >= 11 is 8.00. The molecule has 5 rings (SSSR count). The average molecular weight is 448 g/mol. The number of rotatable bonds is 4. The molecular weight excluding hydrogens is 429 g/mol. The van der Waals surface area contributed by atoms with E-state index in [4.69, 9.17) is 16.6 Å². The van der Waals surface area contributed by atoms with Crippen molar-refractivity contribution in [1.29, 1.82) is 0 Å². The molecule has 0 atom stereocenters. The maximum absolute atomic E-state index is 13.7. The standard InChI is InChI=1S/C25H19ClFN3S/c1-15-7-6-8-16(2)22(15)28-24-23(19-12-11-18(27)13-20(19)26)29-25-30(24)21(14-31-25)17-9-4-3-5-10-17/h3-14,28H,1-2H3. The van der Waals surface area contributed by atoms with Crippen LogP contribution >= 0.6 is 22.9 Å². The largest absolute Gasteiger partial charge is 0.339 e. The minimum absolute atomic E-state index is 0.330. The lowest BCUT2D eigenvalue weighted by Crippen LogP contribution is -2.01. The van der Waals surface area contributed by atoms with E-state index in [1.807, 2.05) is 24.3 Å². The summed E-state index contributed by atoms with van der Waals surface area (Å²) in [6.45, 7) is 4.15. The number of halogens is 2. The smallest absolute Gasteiger partial charge is 0.196 e. The SMILES string of the molecule is Cc1cccc(C)c1Nc1c(-c2ccc(F)cc2Cl)nc2scc(-c3ccccc3)n12. The van der Waals surface area contributed by atoms with Crippen LogP contribution in [0.25, 0.3) is 27.5 Å². The number of thiazole rings is 1. The quantitative estimate of drug-likeness (QED) is 0.303. The predicted octanol–water partition coefficient (Wildman–Crippen LogP) is 7.88. The Morgan fingerprint density at radius 2 is 1.71 bits per heavy atom. The molecule has 1 N–H and O–H groups in total. The van der Waals surface area contributed by atoms with E-state index in [1.165, 1.54) is 12.1 Å². The lowest BCUT2D eigenvalue weighted by molar-refractivity contribution is 0.628. The van der Waals surface area contributed by atoms with Gasteiger partial charge in [0.25, 0.3) is 0 Å². The van der Waals surface area contributed by atoms with Crippen molar-refractivity contribution in [3.8, 4) is 22.5 Å². The molecule has 0 saturated carbocycles. The first-order valence-electron chi connectivity index (χ1n) is 9.87. The first-order valence-corrected chi connectivity index (χ1v) is 11.1. The van der Waals surface area contributed by atoms with Crippen molar-refractivity contribution >= 4 is 39.4 Å². The molecule has 31 heavy (non-hydrogen) atoms. The number of hydrogen-bond donors (Lipinski definition) is 1. The van der Waals surface area contributed by atoms with Crippen LogP contribution in [-0.2, 0) is 0 Å². The second kappa shape index (κ2) is 7.84. The molecule has 2 heterocycles. The van der Waals surface area contributed by atoms with Crippen LogP contribution < -0.4 is 5.32 Å². The zero-order chi connectivity index (χ0) is 21.5. The molecule has 0 aliphatic carbocycles. The fraction of sp³-hybridized carbons (Fsp3) is 0.0800. The summed E-state index contributed by atoms with van der Waals surface area (Å²) in [6.07, 6.45) is 0. The Labute approximate surface area is 188 Å². The second-order valence-corrected chi connectivity index (χ2v) is 8.67. The number of fused-ring (bicyclic) bond motifs is 1. The predicted molar refractivity (Wildman–Crippen MR) is 128 cm³/mol. The van der Waals surface area contributed by atoms with E-state index in [0.717, 1.165) is 38.9 Å². The van der Waals surface area contributed by atoms with E-state index in [-0.39, 0.29) is 5.82 Å². The third-order valence-corrected chi connectivity index (χ3v) is 6.48. The summed E-state index contributed by atoms with van der Waals surface area (Å²) in [6, 6.07) is 20.8. The Kier molecular flexibility index (Phi) is 5.00. The molecule has 3 aromatic carbocycles. The molecule has 0 radical (unpaired) electrons. The molecule has 5 aromatic rings. The highest BCUT2D eigenvalue weighted by Crippen LogP contribution is 2.40. The van der Waals surface area contributed by atoms with Gasteiger partial charge in [-0.15, -0.1) is 11.3 Å². The van der Waals surface area contributed by atoms with Crippen LogP contribution in [0.5, 0.6) is 0 Å². The molecule has 0 unspecified atom stereocenters. The van der Waals surface area contributed by atoms with Crippen LogP contribution in [0.3, 0.4) is 0 Å². The number of benzene rings is 3. The topological polar surface area (TPSA) is 29.3 Å². The molecule has 0 spiro atoms. The van der Waals surface area contributed by atoms with E-state index in [9.17, 15) is 4.39 Å². The molecular formula is C25H19ClFN3S. The monoisotopic (exact) mass is 447 g/mol. The minimum atomic E-state index is -0.371. The number of anilines is 2. The lowest BCUT2D eigenvalue weighted by atomic mass is 10.1. The van der Waals surface area contributed by atoms with Crippen molar-refractivity contribution in [3.63, 3.8) is 0 Å². The summed E-state index contributed by atoms with van der Waals surface area (Å²) in [5.74, 6) is 0.435. The Hall–Kier alpha value is -3.15. The van der Waals surface area contributed by atoms with Gasteiger partial charge in [-0.1, -0.05) is 60.1 Å². The fourth-order valence-electron chi connectivity index (χ4n) is 3.78. The number of aromatic nitrogens is 2. The number of nitrogens with zero attached hydrogens (tertiary/aromatic N) is 2. The van der Waals surface area contributed by atoms with E-state index in [2.05, 4.69) is 53.2 Å². The lowest BCUT2D eigenvalue weighted by Gasteiger charge is -2.15. The Bertz CT molecular complexity index is 1390. The van der Waals surface area contributed by atoms with Gasteiger partial charge in [-0.2, -0.15) is 0 Å². The van der Waals surface area contributed by atoms with E-state index in [1.54, 1.807) is 17.4 Å². The molecule has 6 heteroatoms. The van der Waals surface area contributed by atoms with Gasteiger partial charge >= 0.3 is 0 Å². The van der Waals surface area contributed by atoms with Crippen LogP contribution in [0.15, 0.2) is 72.1 Å². The molecule has 3 nitrogen and oxygen atoms in total. The summed E-state index contributed by atoms with van der Waals surface area (Å²) in [4.78, 5) is 5.72. The summed E-state index contributed by atoms with van der Waals surface area (Å²) in [5.41, 5.74) is 6.78. The maximum Gasteiger partial charge on any atom is 0.196 e. The highest BCUT2D eigenvalue weighted by molar-refractivity contribution is 7.15. The van der Waals surface area contributed by atoms with Crippen LogP contribution in [0.4, 0.5) is 15.9 Å². The van der Waals surface area contributed by atoms with Gasteiger partial charge in [-0.3, -0.25) is 4.40 Å². The van der Waals surface area contributed by atoms with E-state index < -0.39 is 0 Å². The Morgan fingerprint density at radius 3 is 2.42 bits per heavy atom. The van der Waals surface area contributed by atoms with Gasteiger partial charge in [0, 0.05) is 16.6 Å². The van der Waals surface area contributed by atoms with Crippen LogP contribution in [0.2, 0.25) is 5.02 Å². The number of imidazole rings is 1. The second-order valence-electron chi connectivity index (χ2n) is 7.43. The Balaban J connectivity index is 1.79. The Morgan fingerprint density at radius 1 is 0.968 bits per heavy atom. The molecule has 0 saturated heterocycles. The van der Waals surface area contributed by atoms with Gasteiger partial charge in [-0.05, 0) is 48.7 Å². The highest BCUT2D eigenvalue weighted by Gasteiger charge is 2.22. The number of aryl methyl sites for hydroxylation is 2. The summed E-state index contributed by atoms with van der Waals surface area (Å²) < 4.78 is 15.8. The third kappa shape index (κ3) is 3.50. The van der Waals surface area contributed by atoms with Crippen molar-refractivity contribution < 1.29 is 4.39 Å². The molecule has 0 bridgehead atoms. The number of hydrogen-bond acceptors (Lipinski definition) is 3. The van der Waals surface area contributed by atoms with Gasteiger partial charge in [0.1, 0.15) is 17.3 Å². The molecule has 0 aliphatic rings. The van der Waals surface area contributed by atoms with E-state index >= 15 is 0 Å². The van der Waals surface area contributed by atoms with Gasteiger partial charge < -0.3 is 5.32 Å². The van der Waals surface area contributed by atoms with Gasteiger partial charge in [-0.25, -0.2) is 9.37 Å². The van der Waals surface area contributed by atoms with Crippen molar-refractivity contribution in [3.05, 3.63) is 94.1 Å². The normalized spacial score (nSPS) is 11.2. The first kappa shape index (κ1) is 19.8. The molecule has 0 amide bonds. The highest BCUT2D eigenvalue weighted by atomic mass is 35.5. The van der Waals surface area contributed by atoms with Crippen molar-refractivity contribution in [2.45, 2.75) is 13.8 Å². The van der Waals surface area contributed by atoms with Crippen LogP contribution in [0, 0.1) is 19.7 Å². The zero-order valence-corrected chi connectivity index (χ0v) is 18.6. The first-order chi connectivity index (χ1) is 15.0. The maximum atomic E-state index is 13.7. The molecule has 2 aromatic heterocycles. The van der Waals surface area contributed by atoms with Crippen molar-refractivity contribution in [2.75, 3.05) is 5.32 Å². The number of para-hydroxylation sites is 1. The van der Waals surface area contributed by atoms with Crippen molar-refractivity contribution in [1.82, 2.24) is 9.38 Å². The van der Waals surface area contributed by atoms with Gasteiger partial charge in [0.2, 0.25) is 0 Å². The molecule has 0 aliphatic heterocycles. The molecule has 0 fully saturated rings. The fourth-order valence-corrected chi connectivity index (χ4v) is 4.94. The molecule has 154 valence electrons. The third-order valence-electron chi connectivity index (χ3n) is 5.34. The van der Waals surface area contributed by atoms with Crippen molar-refractivity contribution in [2.24, 2.45) is 0 Å². The zero-order valence-electron chi connectivity index (χ0n) is 17.0.